The fourth-order valence-corrected chi connectivity index (χ4v) is 2.75. The smallest absolute Gasteiger partial charge is 0.329 e. The molecular formula is C20H20IN3O5. The normalized spacial score (nSPS) is 10.4. The number of amides is 2. The number of nitrogens with zero attached hydrogens (tertiary/aromatic N) is 1. The minimum absolute atomic E-state index is 0.0360. The lowest BCUT2D eigenvalue weighted by atomic mass is 10.2. The monoisotopic (exact) mass is 509 g/mol. The van der Waals surface area contributed by atoms with Crippen LogP contribution in [0.15, 0.2) is 54.2 Å². The first-order valence-corrected chi connectivity index (χ1v) is 9.66. The average molecular weight is 509 g/mol. The number of phenolic OH excluding ortho intramolecular Hbond substituents is 1. The second-order valence-electron chi connectivity index (χ2n) is 5.56. The van der Waals surface area contributed by atoms with Crippen molar-refractivity contribution >= 4 is 46.3 Å². The second kappa shape index (κ2) is 11.1. The van der Waals surface area contributed by atoms with Crippen LogP contribution in [0.25, 0.3) is 0 Å². The Balaban J connectivity index is 1.93. The number of halogens is 1. The number of carbonyl (C=O) groups excluding carboxylic acids is 2. The van der Waals surface area contributed by atoms with E-state index in [1.807, 2.05) is 22.6 Å². The van der Waals surface area contributed by atoms with Gasteiger partial charge in [0.2, 0.25) is 0 Å². The molecule has 29 heavy (non-hydrogen) atoms. The van der Waals surface area contributed by atoms with Crippen molar-refractivity contribution in [2.75, 3.05) is 18.5 Å². The van der Waals surface area contributed by atoms with Crippen LogP contribution in [0.1, 0.15) is 12.5 Å². The predicted molar refractivity (Wildman–Crippen MR) is 118 cm³/mol. The lowest BCUT2D eigenvalue weighted by Crippen LogP contribution is -2.32. The Morgan fingerprint density at radius 2 is 1.93 bits per heavy atom. The van der Waals surface area contributed by atoms with Crippen molar-refractivity contribution in [1.82, 2.24) is 5.43 Å². The highest BCUT2D eigenvalue weighted by Crippen LogP contribution is 2.32. The first kappa shape index (κ1) is 22.2. The zero-order chi connectivity index (χ0) is 21.2. The fraction of sp³-hybridized carbons (Fsp3) is 0.150. The Labute approximate surface area is 181 Å². The van der Waals surface area contributed by atoms with Crippen LogP contribution in [0.4, 0.5) is 5.69 Å². The number of hydrazone groups is 1. The van der Waals surface area contributed by atoms with Crippen LogP contribution in [0.2, 0.25) is 0 Å². The lowest BCUT2D eigenvalue weighted by molar-refractivity contribution is -0.136. The zero-order valence-corrected chi connectivity index (χ0v) is 17.8. The van der Waals surface area contributed by atoms with E-state index in [9.17, 15) is 14.7 Å². The van der Waals surface area contributed by atoms with Crippen molar-refractivity contribution in [2.24, 2.45) is 5.10 Å². The molecule has 0 fully saturated rings. The van der Waals surface area contributed by atoms with Gasteiger partial charge in [0.25, 0.3) is 0 Å². The maximum absolute atomic E-state index is 12.0. The van der Waals surface area contributed by atoms with E-state index >= 15 is 0 Å². The molecule has 0 bridgehead atoms. The number of aromatic hydroxyl groups is 1. The summed E-state index contributed by atoms with van der Waals surface area (Å²) in [6.07, 6.45) is 2.97. The molecule has 2 aromatic rings. The van der Waals surface area contributed by atoms with Gasteiger partial charge in [0.1, 0.15) is 12.4 Å². The molecule has 0 saturated heterocycles. The van der Waals surface area contributed by atoms with Crippen molar-refractivity contribution in [2.45, 2.75) is 6.92 Å². The van der Waals surface area contributed by atoms with Gasteiger partial charge in [-0.25, -0.2) is 5.43 Å². The first-order valence-electron chi connectivity index (χ1n) is 8.58. The number of hydrogen-bond donors (Lipinski definition) is 3. The summed E-state index contributed by atoms with van der Waals surface area (Å²) in [6.45, 7) is 6.12. The molecule has 0 unspecified atom stereocenters. The van der Waals surface area contributed by atoms with E-state index in [1.165, 1.54) is 6.21 Å². The van der Waals surface area contributed by atoms with E-state index in [0.717, 1.165) is 0 Å². The topological polar surface area (TPSA) is 109 Å². The average Bonchev–Trinajstić information content (AvgIpc) is 2.71. The molecule has 8 nitrogen and oxygen atoms in total. The number of benzene rings is 2. The van der Waals surface area contributed by atoms with Crippen LogP contribution in [0.5, 0.6) is 17.2 Å². The van der Waals surface area contributed by atoms with Crippen LogP contribution in [-0.2, 0) is 9.59 Å². The van der Waals surface area contributed by atoms with Crippen LogP contribution in [0, 0.1) is 3.57 Å². The van der Waals surface area contributed by atoms with E-state index in [1.54, 1.807) is 49.4 Å². The van der Waals surface area contributed by atoms with E-state index in [-0.39, 0.29) is 5.75 Å². The van der Waals surface area contributed by atoms with E-state index in [4.69, 9.17) is 9.47 Å². The van der Waals surface area contributed by atoms with Crippen molar-refractivity contribution in [1.29, 1.82) is 0 Å². The Kier molecular flexibility index (Phi) is 8.46. The Bertz CT molecular complexity index is 913. The van der Waals surface area contributed by atoms with Crippen molar-refractivity contribution in [3.63, 3.8) is 0 Å². The summed E-state index contributed by atoms with van der Waals surface area (Å²) in [5.74, 6) is -0.824. The number of nitrogens with one attached hydrogen (secondary N) is 2. The molecule has 0 saturated carbocycles. The third-order valence-corrected chi connectivity index (χ3v) is 4.24. The molecule has 3 N–H and O–H groups in total. The highest BCUT2D eigenvalue weighted by Gasteiger charge is 2.13. The van der Waals surface area contributed by atoms with Crippen LogP contribution in [0.3, 0.4) is 0 Å². The number of anilines is 1. The Morgan fingerprint density at radius 3 is 2.59 bits per heavy atom. The number of phenols is 1. The molecule has 0 spiro atoms. The van der Waals surface area contributed by atoms with Crippen LogP contribution >= 0.6 is 22.6 Å². The number of hydrogen-bond acceptors (Lipinski definition) is 6. The number of carbonyl (C=O) groups is 2. The van der Waals surface area contributed by atoms with Crippen molar-refractivity contribution in [3.8, 4) is 17.2 Å². The summed E-state index contributed by atoms with van der Waals surface area (Å²) in [4.78, 5) is 23.9. The summed E-state index contributed by atoms with van der Waals surface area (Å²) in [7, 11) is 0. The molecule has 9 heteroatoms. The Hall–Kier alpha value is -3.08. The molecule has 152 valence electrons. The van der Waals surface area contributed by atoms with Gasteiger partial charge in [0.05, 0.1) is 16.4 Å². The molecule has 0 aliphatic heterocycles. The molecule has 0 heterocycles. The highest BCUT2D eigenvalue weighted by molar-refractivity contribution is 14.1. The van der Waals surface area contributed by atoms with Gasteiger partial charge >= 0.3 is 11.8 Å². The lowest BCUT2D eigenvalue weighted by Gasteiger charge is -2.08. The minimum Gasteiger partial charge on any atom is -0.504 e. The van der Waals surface area contributed by atoms with Gasteiger partial charge < -0.3 is 19.9 Å². The fourth-order valence-electron chi connectivity index (χ4n) is 2.13. The third kappa shape index (κ3) is 6.79. The first-order chi connectivity index (χ1) is 13.9. The maximum Gasteiger partial charge on any atom is 0.329 e. The summed E-state index contributed by atoms with van der Waals surface area (Å²) < 4.78 is 11.3. The molecule has 2 rings (SSSR count). The molecular weight excluding hydrogens is 489 g/mol. The molecule has 0 atom stereocenters. The second-order valence-corrected chi connectivity index (χ2v) is 6.72. The summed E-state index contributed by atoms with van der Waals surface area (Å²) in [6, 6.07) is 9.78. The van der Waals surface area contributed by atoms with E-state index < -0.39 is 11.8 Å². The van der Waals surface area contributed by atoms with Crippen LogP contribution < -0.4 is 20.2 Å². The predicted octanol–water partition coefficient (Wildman–Crippen LogP) is 3.05. The maximum atomic E-state index is 12.0. The minimum atomic E-state index is -0.924. The van der Waals surface area contributed by atoms with Gasteiger partial charge in [0, 0.05) is 5.69 Å². The molecule has 0 aliphatic carbocycles. The SMILES string of the molecule is C=CCOc1ccc(NC(=O)C(=O)N/N=C\c2cc(I)c(O)c(OCC)c2)cc1. The quantitative estimate of drug-likeness (QED) is 0.167. The van der Waals surface area contributed by atoms with Gasteiger partial charge in [0.15, 0.2) is 11.5 Å². The number of rotatable bonds is 8. The molecule has 0 aromatic heterocycles. The summed E-state index contributed by atoms with van der Waals surface area (Å²) in [5, 5.41) is 16.2. The summed E-state index contributed by atoms with van der Waals surface area (Å²) in [5.41, 5.74) is 3.18. The van der Waals surface area contributed by atoms with Gasteiger partial charge in [-0.1, -0.05) is 12.7 Å². The third-order valence-electron chi connectivity index (χ3n) is 3.42. The van der Waals surface area contributed by atoms with Gasteiger partial charge in [-0.2, -0.15) is 5.10 Å². The van der Waals surface area contributed by atoms with Gasteiger partial charge in [-0.3, -0.25) is 9.59 Å². The highest BCUT2D eigenvalue weighted by atomic mass is 127. The van der Waals surface area contributed by atoms with Crippen molar-refractivity contribution in [3.05, 3.63) is 58.2 Å². The van der Waals surface area contributed by atoms with Gasteiger partial charge in [-0.15, -0.1) is 0 Å². The van der Waals surface area contributed by atoms with Crippen LogP contribution in [-0.4, -0.2) is 36.3 Å². The largest absolute Gasteiger partial charge is 0.504 e. The molecule has 0 aliphatic rings. The summed E-state index contributed by atoms with van der Waals surface area (Å²) >= 11 is 1.96. The number of ether oxygens (including phenoxy) is 2. The zero-order valence-electron chi connectivity index (χ0n) is 15.6. The van der Waals surface area contributed by atoms with E-state index in [2.05, 4.69) is 22.4 Å². The molecule has 2 aromatic carbocycles. The standard InChI is InChI=1S/C20H20IN3O5/c1-3-9-29-15-7-5-14(6-8-15)23-19(26)20(27)24-22-12-13-10-16(21)18(25)17(11-13)28-4-2/h3,5-8,10-12,25H,1,4,9H2,2H3,(H,23,26)(H,24,27)/b22-12-. The Morgan fingerprint density at radius 1 is 1.21 bits per heavy atom. The van der Waals surface area contributed by atoms with Crippen molar-refractivity contribution < 1.29 is 24.2 Å². The van der Waals surface area contributed by atoms with E-state index in [0.29, 0.717) is 39.5 Å². The molecule has 2 amide bonds. The van der Waals surface area contributed by atoms with Gasteiger partial charge in [-0.05, 0) is 71.5 Å². The molecule has 0 radical (unpaired) electrons.